The number of likely N-dealkylation sites (N-methyl/N-ethyl adjacent to an activating group) is 1. The Bertz CT molecular complexity index is 395. The summed E-state index contributed by atoms with van der Waals surface area (Å²) >= 11 is 12.2. The Morgan fingerprint density at radius 1 is 1.38 bits per heavy atom. The van der Waals surface area contributed by atoms with E-state index in [0.29, 0.717) is 0 Å². The third-order valence-corrected chi connectivity index (χ3v) is 3.88. The molecule has 1 saturated heterocycles. The van der Waals surface area contributed by atoms with E-state index in [9.17, 15) is 0 Å². The van der Waals surface area contributed by atoms with Crippen molar-refractivity contribution < 1.29 is 0 Å². The molecule has 1 atom stereocenters. The second-order valence-corrected chi connectivity index (χ2v) is 5.42. The number of nitrogens with one attached hydrogen (secondary N) is 1. The van der Waals surface area contributed by atoms with Gasteiger partial charge in [-0.05, 0) is 38.6 Å². The lowest BCUT2D eigenvalue weighted by atomic mass is 10.0. The minimum atomic E-state index is 0.172. The van der Waals surface area contributed by atoms with E-state index in [4.69, 9.17) is 23.2 Å². The first-order valence-corrected chi connectivity index (χ1v) is 6.19. The first-order chi connectivity index (χ1) is 7.54. The normalized spacial score (nSPS) is 25.1. The number of benzene rings is 1. The third-order valence-electron chi connectivity index (χ3n) is 3.33. The van der Waals surface area contributed by atoms with Crippen LogP contribution in [0.25, 0.3) is 0 Å². The van der Waals surface area contributed by atoms with Gasteiger partial charge >= 0.3 is 0 Å². The number of halogens is 2. The van der Waals surface area contributed by atoms with Gasteiger partial charge in [0, 0.05) is 23.7 Å². The van der Waals surface area contributed by atoms with Crippen LogP contribution >= 0.6 is 23.2 Å². The maximum atomic E-state index is 6.19. The molecule has 1 unspecified atom stereocenters. The Kier molecular flexibility index (Phi) is 3.34. The first kappa shape index (κ1) is 12.0. The zero-order valence-corrected chi connectivity index (χ0v) is 11.1. The van der Waals surface area contributed by atoms with Crippen LogP contribution in [-0.2, 0) is 0 Å². The van der Waals surface area contributed by atoms with Gasteiger partial charge in [-0.15, -0.1) is 0 Å². The predicted molar refractivity (Wildman–Crippen MR) is 70.8 cm³/mol. The summed E-state index contributed by atoms with van der Waals surface area (Å²) in [5, 5.41) is 4.86. The van der Waals surface area contributed by atoms with Crippen LogP contribution in [0.1, 0.15) is 13.3 Å². The fourth-order valence-electron chi connectivity index (χ4n) is 2.10. The van der Waals surface area contributed by atoms with Gasteiger partial charge in [0.15, 0.2) is 0 Å². The van der Waals surface area contributed by atoms with Crippen LogP contribution in [0.5, 0.6) is 0 Å². The van der Waals surface area contributed by atoms with E-state index in [2.05, 4.69) is 17.1 Å². The van der Waals surface area contributed by atoms with Crippen molar-refractivity contribution in [2.24, 2.45) is 0 Å². The molecular weight excluding hydrogens is 243 g/mol. The number of hydrogen-bond acceptors (Lipinski definition) is 2. The van der Waals surface area contributed by atoms with Crippen molar-refractivity contribution in [2.75, 3.05) is 25.0 Å². The Labute approximate surface area is 107 Å². The largest absolute Gasteiger partial charge is 0.368 e. The summed E-state index contributed by atoms with van der Waals surface area (Å²) in [5.41, 5.74) is 1.21. The van der Waals surface area contributed by atoms with Gasteiger partial charge in [0.2, 0.25) is 0 Å². The molecule has 0 saturated carbocycles. The van der Waals surface area contributed by atoms with E-state index in [1.807, 2.05) is 25.2 Å². The summed E-state index contributed by atoms with van der Waals surface area (Å²) in [7, 11) is 2.00. The molecule has 1 N–H and O–H groups in total. The fourth-order valence-corrected chi connectivity index (χ4v) is 2.50. The monoisotopic (exact) mass is 258 g/mol. The van der Waals surface area contributed by atoms with E-state index >= 15 is 0 Å². The van der Waals surface area contributed by atoms with E-state index in [-0.39, 0.29) is 5.54 Å². The molecule has 2 nitrogen and oxygen atoms in total. The highest BCUT2D eigenvalue weighted by Crippen LogP contribution is 2.33. The maximum Gasteiger partial charge on any atom is 0.0640 e. The first-order valence-electron chi connectivity index (χ1n) is 5.43. The van der Waals surface area contributed by atoms with Crippen LogP contribution in [0.2, 0.25) is 10.0 Å². The molecule has 0 amide bonds. The molecule has 0 aliphatic carbocycles. The molecule has 1 aromatic rings. The van der Waals surface area contributed by atoms with Gasteiger partial charge in [0.05, 0.1) is 10.7 Å². The van der Waals surface area contributed by atoms with Crippen molar-refractivity contribution in [1.29, 1.82) is 0 Å². The van der Waals surface area contributed by atoms with Gasteiger partial charge in [-0.25, -0.2) is 0 Å². The highest BCUT2D eigenvalue weighted by atomic mass is 35.5. The number of nitrogens with zero attached hydrogens (tertiary/aromatic N) is 1. The summed E-state index contributed by atoms with van der Waals surface area (Å²) in [6.45, 7) is 4.20. The fraction of sp³-hybridized carbons (Fsp3) is 0.500. The lowest BCUT2D eigenvalue weighted by Crippen LogP contribution is -2.42. The second kappa shape index (κ2) is 4.44. The van der Waals surface area contributed by atoms with Crippen molar-refractivity contribution in [3.05, 3.63) is 28.2 Å². The lowest BCUT2D eigenvalue weighted by molar-refractivity contribution is 0.428. The Balaban J connectivity index is 2.23. The van der Waals surface area contributed by atoms with Crippen LogP contribution in [0.4, 0.5) is 5.69 Å². The Morgan fingerprint density at radius 2 is 2.12 bits per heavy atom. The van der Waals surface area contributed by atoms with Crippen LogP contribution in [0.3, 0.4) is 0 Å². The average molecular weight is 259 g/mol. The molecule has 1 aliphatic heterocycles. The average Bonchev–Trinajstić information content (AvgIpc) is 2.65. The van der Waals surface area contributed by atoms with Crippen LogP contribution in [0, 0.1) is 0 Å². The quantitative estimate of drug-likeness (QED) is 0.877. The summed E-state index contributed by atoms with van der Waals surface area (Å²) in [4.78, 5) is 2.28. The van der Waals surface area contributed by atoms with Gasteiger partial charge in [0.25, 0.3) is 0 Å². The zero-order valence-electron chi connectivity index (χ0n) is 9.56. The molecule has 0 radical (unpaired) electrons. The van der Waals surface area contributed by atoms with Gasteiger partial charge in [0.1, 0.15) is 0 Å². The van der Waals surface area contributed by atoms with Crippen molar-refractivity contribution >= 4 is 28.9 Å². The summed E-state index contributed by atoms with van der Waals surface area (Å²) in [5.74, 6) is 0. The molecule has 4 heteroatoms. The zero-order chi connectivity index (χ0) is 11.8. The molecular formula is C12H16Cl2N2. The van der Waals surface area contributed by atoms with Crippen LogP contribution in [-0.4, -0.2) is 25.7 Å². The predicted octanol–water partition coefficient (Wildman–Crippen LogP) is 3.18. The molecule has 1 aliphatic rings. The van der Waals surface area contributed by atoms with Gasteiger partial charge in [-0.1, -0.05) is 23.2 Å². The van der Waals surface area contributed by atoms with Gasteiger partial charge in [-0.3, -0.25) is 0 Å². The highest BCUT2D eigenvalue weighted by molar-refractivity contribution is 6.35. The van der Waals surface area contributed by atoms with Gasteiger partial charge < -0.3 is 10.2 Å². The highest BCUT2D eigenvalue weighted by Gasteiger charge is 2.32. The molecule has 88 valence electrons. The number of rotatable bonds is 2. The van der Waals surface area contributed by atoms with Gasteiger partial charge in [-0.2, -0.15) is 0 Å². The Morgan fingerprint density at radius 3 is 2.75 bits per heavy atom. The van der Waals surface area contributed by atoms with Crippen molar-refractivity contribution in [3.8, 4) is 0 Å². The lowest BCUT2D eigenvalue weighted by Gasteiger charge is -2.25. The summed E-state index contributed by atoms with van der Waals surface area (Å²) < 4.78 is 0. The summed E-state index contributed by atoms with van der Waals surface area (Å²) in [6, 6.07) is 5.61. The van der Waals surface area contributed by atoms with Crippen molar-refractivity contribution in [3.63, 3.8) is 0 Å². The third kappa shape index (κ3) is 2.29. The van der Waals surface area contributed by atoms with Crippen molar-refractivity contribution in [2.45, 2.75) is 18.9 Å². The molecule has 16 heavy (non-hydrogen) atoms. The molecule has 0 aromatic heterocycles. The molecule has 1 heterocycles. The maximum absolute atomic E-state index is 6.19. The SMILES string of the molecule is CNC1(C)CCN(c2cc(Cl)ccc2Cl)C1. The van der Waals surface area contributed by atoms with E-state index in [1.165, 1.54) is 0 Å². The minimum absolute atomic E-state index is 0.172. The Hall–Kier alpha value is -0.440. The summed E-state index contributed by atoms with van der Waals surface area (Å²) in [6.07, 6.45) is 1.12. The second-order valence-electron chi connectivity index (χ2n) is 4.58. The van der Waals surface area contributed by atoms with E-state index in [0.717, 1.165) is 35.2 Å². The molecule has 1 fully saturated rings. The molecule has 2 rings (SSSR count). The minimum Gasteiger partial charge on any atom is -0.368 e. The number of anilines is 1. The smallest absolute Gasteiger partial charge is 0.0640 e. The molecule has 1 aromatic carbocycles. The standard InChI is InChI=1S/C12H16Cl2N2/c1-12(15-2)5-6-16(8-12)11-7-9(13)3-4-10(11)14/h3-4,7,15H,5-6,8H2,1-2H3. The van der Waals surface area contributed by atoms with E-state index in [1.54, 1.807) is 0 Å². The van der Waals surface area contributed by atoms with Crippen LogP contribution in [0.15, 0.2) is 18.2 Å². The topological polar surface area (TPSA) is 15.3 Å². The molecule has 0 spiro atoms. The molecule has 0 bridgehead atoms. The van der Waals surface area contributed by atoms with E-state index < -0.39 is 0 Å². The van der Waals surface area contributed by atoms with Crippen molar-refractivity contribution in [1.82, 2.24) is 5.32 Å². The van der Waals surface area contributed by atoms with Crippen LogP contribution < -0.4 is 10.2 Å². The number of hydrogen-bond donors (Lipinski definition) is 1.